The van der Waals surface area contributed by atoms with E-state index >= 15 is 0 Å². The number of aromatic nitrogens is 2. The molecule has 3 rings (SSSR count). The maximum absolute atomic E-state index is 12.2. The summed E-state index contributed by atoms with van der Waals surface area (Å²) >= 11 is 0. The van der Waals surface area contributed by atoms with E-state index in [1.807, 2.05) is 39.4 Å². The fraction of sp³-hybridized carbons (Fsp3) is 0.529. The van der Waals surface area contributed by atoms with Crippen LogP contribution in [0.1, 0.15) is 51.8 Å². The van der Waals surface area contributed by atoms with Crippen LogP contribution in [0.3, 0.4) is 0 Å². The second-order valence-corrected chi connectivity index (χ2v) is 6.98. The van der Waals surface area contributed by atoms with Gasteiger partial charge in [0.15, 0.2) is 0 Å². The number of nitrogens with zero attached hydrogens (tertiary/aromatic N) is 2. The van der Waals surface area contributed by atoms with Gasteiger partial charge in [0, 0.05) is 23.0 Å². The quantitative estimate of drug-likeness (QED) is 0.908. The number of hydrogen-bond acceptors (Lipinski definition) is 2. The van der Waals surface area contributed by atoms with Gasteiger partial charge < -0.3 is 9.88 Å². The van der Waals surface area contributed by atoms with Crippen LogP contribution >= 0.6 is 0 Å². The highest BCUT2D eigenvalue weighted by Crippen LogP contribution is 2.36. The van der Waals surface area contributed by atoms with E-state index in [1.54, 1.807) is 0 Å². The minimum absolute atomic E-state index is 0.0625. The topological polar surface area (TPSA) is 46.9 Å². The van der Waals surface area contributed by atoms with Crippen LogP contribution in [0.25, 0.3) is 0 Å². The Morgan fingerprint density at radius 3 is 2.76 bits per heavy atom. The molecule has 0 saturated heterocycles. The molecular weight excluding hydrogens is 262 g/mol. The Balaban J connectivity index is 1.73. The van der Waals surface area contributed by atoms with Crippen molar-refractivity contribution in [3.63, 3.8) is 0 Å². The van der Waals surface area contributed by atoms with Gasteiger partial charge in [0.05, 0.1) is 12.4 Å². The van der Waals surface area contributed by atoms with E-state index in [-0.39, 0.29) is 11.4 Å². The van der Waals surface area contributed by atoms with E-state index in [0.29, 0.717) is 6.04 Å². The number of nitrogens with one attached hydrogen (secondary N) is 1. The Kier molecular flexibility index (Phi) is 3.47. The van der Waals surface area contributed by atoms with Gasteiger partial charge in [-0.25, -0.2) is 4.98 Å². The van der Waals surface area contributed by atoms with Gasteiger partial charge in [0.25, 0.3) is 0 Å². The molecule has 2 aliphatic rings. The molecule has 1 unspecified atom stereocenters. The highest BCUT2D eigenvalue weighted by atomic mass is 16.1. The maximum atomic E-state index is 12.2. The van der Waals surface area contributed by atoms with Crippen LogP contribution in [0.15, 0.2) is 35.8 Å². The first-order valence-corrected chi connectivity index (χ1v) is 7.67. The molecule has 4 nitrogen and oxygen atoms in total. The Bertz CT molecular complexity index is 616. The number of allylic oxidation sites excluding steroid dienone is 3. The molecule has 21 heavy (non-hydrogen) atoms. The first-order chi connectivity index (χ1) is 9.94. The van der Waals surface area contributed by atoms with Gasteiger partial charge in [0.2, 0.25) is 5.91 Å². The fourth-order valence-corrected chi connectivity index (χ4v) is 3.14. The largest absolute Gasteiger partial charge is 0.348 e. The molecule has 1 amide bonds. The van der Waals surface area contributed by atoms with Crippen LogP contribution in [0.4, 0.5) is 0 Å². The molecule has 0 spiro atoms. The van der Waals surface area contributed by atoms with E-state index in [2.05, 4.69) is 20.9 Å². The summed E-state index contributed by atoms with van der Waals surface area (Å²) < 4.78 is 2.28. The van der Waals surface area contributed by atoms with Crippen LogP contribution < -0.4 is 5.32 Å². The lowest BCUT2D eigenvalue weighted by atomic mass is 9.91. The molecule has 0 bridgehead atoms. The number of hydrogen-bond donors (Lipinski definition) is 1. The number of carbonyl (C=O) groups is 1. The van der Waals surface area contributed by atoms with E-state index in [4.69, 9.17) is 0 Å². The summed E-state index contributed by atoms with van der Waals surface area (Å²) in [5, 5.41) is 3.03. The van der Waals surface area contributed by atoms with Gasteiger partial charge in [-0.15, -0.1) is 0 Å². The van der Waals surface area contributed by atoms with Crippen LogP contribution in [-0.4, -0.2) is 21.0 Å². The molecule has 112 valence electrons. The molecule has 0 radical (unpaired) electrons. The van der Waals surface area contributed by atoms with Crippen molar-refractivity contribution in [1.29, 1.82) is 0 Å². The van der Waals surface area contributed by atoms with Crippen LogP contribution in [0, 0.1) is 0 Å². The van der Waals surface area contributed by atoms with Crippen LogP contribution in [0.2, 0.25) is 0 Å². The zero-order valence-corrected chi connectivity index (χ0v) is 13.0. The lowest BCUT2D eigenvalue weighted by Crippen LogP contribution is -2.41. The third-order valence-corrected chi connectivity index (χ3v) is 4.15. The molecule has 0 saturated carbocycles. The summed E-state index contributed by atoms with van der Waals surface area (Å²) in [6, 6.07) is 0.436. The summed E-state index contributed by atoms with van der Waals surface area (Å²) in [5.41, 5.74) is 3.44. The number of carbonyl (C=O) groups excluding carboxylic acids is 1. The summed E-state index contributed by atoms with van der Waals surface area (Å²) in [7, 11) is 0. The van der Waals surface area contributed by atoms with Crippen molar-refractivity contribution in [1.82, 2.24) is 14.9 Å². The molecule has 0 fully saturated rings. The second-order valence-electron chi connectivity index (χ2n) is 6.98. The molecule has 1 aliphatic heterocycles. The van der Waals surface area contributed by atoms with Gasteiger partial charge in [0.1, 0.15) is 0 Å². The number of imidazole rings is 1. The minimum atomic E-state index is -0.181. The Hall–Kier alpha value is -1.84. The Morgan fingerprint density at radius 1 is 1.29 bits per heavy atom. The average Bonchev–Trinajstić information content (AvgIpc) is 2.99. The predicted molar refractivity (Wildman–Crippen MR) is 82.9 cm³/mol. The van der Waals surface area contributed by atoms with Crippen molar-refractivity contribution < 1.29 is 4.79 Å². The van der Waals surface area contributed by atoms with Crippen molar-refractivity contribution >= 4 is 5.91 Å². The smallest absolute Gasteiger partial charge is 0.247 e. The molecule has 1 aromatic heterocycles. The van der Waals surface area contributed by atoms with Gasteiger partial charge in [-0.1, -0.05) is 12.2 Å². The van der Waals surface area contributed by atoms with E-state index < -0.39 is 0 Å². The van der Waals surface area contributed by atoms with Crippen LogP contribution in [-0.2, 0) is 11.2 Å². The van der Waals surface area contributed by atoms with Crippen molar-refractivity contribution in [2.45, 2.75) is 58.0 Å². The lowest BCUT2D eigenvalue weighted by Gasteiger charge is -2.24. The maximum Gasteiger partial charge on any atom is 0.247 e. The third-order valence-electron chi connectivity index (χ3n) is 4.15. The molecule has 0 aromatic carbocycles. The zero-order chi connectivity index (χ0) is 15.0. The molecule has 1 atom stereocenters. The molecule has 4 heteroatoms. The van der Waals surface area contributed by atoms with Gasteiger partial charge in [-0.05, 0) is 52.0 Å². The third kappa shape index (κ3) is 2.94. The zero-order valence-electron chi connectivity index (χ0n) is 13.0. The number of aryl methyl sites for hydroxylation is 1. The first kappa shape index (κ1) is 14.1. The van der Waals surface area contributed by atoms with Crippen molar-refractivity contribution in [3.8, 4) is 0 Å². The monoisotopic (exact) mass is 285 g/mol. The number of rotatable bonds is 2. The first-order valence-electron chi connectivity index (χ1n) is 7.67. The van der Waals surface area contributed by atoms with E-state index in [1.165, 1.54) is 11.3 Å². The van der Waals surface area contributed by atoms with Gasteiger partial charge in [-0.2, -0.15) is 0 Å². The lowest BCUT2D eigenvalue weighted by molar-refractivity contribution is -0.119. The molecule has 2 heterocycles. The normalized spacial score (nSPS) is 21.6. The van der Waals surface area contributed by atoms with Crippen molar-refractivity contribution in [3.05, 3.63) is 41.5 Å². The van der Waals surface area contributed by atoms with Gasteiger partial charge >= 0.3 is 0 Å². The molecular formula is C17H23N3O. The number of amides is 1. The SMILES string of the molecule is CC(C)(C)NC(=O)C1=CC=C(C2CCc3cncn32)CC1. The van der Waals surface area contributed by atoms with Crippen molar-refractivity contribution in [2.75, 3.05) is 0 Å². The summed E-state index contributed by atoms with van der Waals surface area (Å²) in [6.45, 7) is 6.03. The number of fused-ring (bicyclic) bond motifs is 1. The fourth-order valence-electron chi connectivity index (χ4n) is 3.14. The van der Waals surface area contributed by atoms with E-state index in [9.17, 15) is 4.79 Å². The predicted octanol–water partition coefficient (Wildman–Crippen LogP) is 2.93. The van der Waals surface area contributed by atoms with Crippen molar-refractivity contribution in [2.24, 2.45) is 0 Å². The van der Waals surface area contributed by atoms with Crippen LogP contribution in [0.5, 0.6) is 0 Å². The Labute approximate surface area is 125 Å². The summed E-state index contributed by atoms with van der Waals surface area (Å²) in [6.07, 6.45) is 12.1. The molecule has 1 aliphatic carbocycles. The van der Waals surface area contributed by atoms with E-state index in [0.717, 1.165) is 31.3 Å². The standard InChI is InChI=1S/C17H23N3O/c1-17(2,3)19-16(21)13-6-4-12(5-7-13)15-9-8-14-10-18-11-20(14)15/h4,6,10-11,15H,5,7-9H2,1-3H3,(H,19,21). The molecule has 1 N–H and O–H groups in total. The average molecular weight is 285 g/mol. The highest BCUT2D eigenvalue weighted by molar-refractivity contribution is 5.94. The second kappa shape index (κ2) is 5.17. The highest BCUT2D eigenvalue weighted by Gasteiger charge is 2.27. The molecule has 1 aromatic rings. The summed E-state index contributed by atoms with van der Waals surface area (Å²) in [4.78, 5) is 16.4. The summed E-state index contributed by atoms with van der Waals surface area (Å²) in [5.74, 6) is 0.0625. The Morgan fingerprint density at radius 2 is 2.10 bits per heavy atom. The minimum Gasteiger partial charge on any atom is -0.348 e. The van der Waals surface area contributed by atoms with Gasteiger partial charge in [-0.3, -0.25) is 4.79 Å².